The van der Waals surface area contributed by atoms with Crippen molar-refractivity contribution in [3.63, 3.8) is 0 Å². The maximum absolute atomic E-state index is 12.4. The standard InChI is InChI=1S/C20H25N3O3.ClH/c1-15-6-5-7-16(14-15)19(24)23-18-9-4-3-8-17(18)20(25)22-11-10-21-12-13-26-2;/h3-9,14,21H,10-13H2,1-2H3,(H,22,25)(H,23,24);1H. The van der Waals surface area contributed by atoms with Crippen molar-refractivity contribution in [1.82, 2.24) is 10.6 Å². The molecule has 7 heteroatoms. The van der Waals surface area contributed by atoms with E-state index in [4.69, 9.17) is 4.74 Å². The van der Waals surface area contributed by atoms with Crippen molar-refractivity contribution in [2.75, 3.05) is 38.7 Å². The van der Waals surface area contributed by atoms with Gasteiger partial charge in [0.05, 0.1) is 17.9 Å². The molecule has 3 N–H and O–H groups in total. The van der Waals surface area contributed by atoms with Gasteiger partial charge in [-0.25, -0.2) is 0 Å². The molecule has 0 aromatic heterocycles. The Hall–Kier alpha value is -2.41. The largest absolute Gasteiger partial charge is 0.383 e. The van der Waals surface area contributed by atoms with Gasteiger partial charge in [-0.05, 0) is 31.2 Å². The minimum absolute atomic E-state index is 0. The molecule has 2 aromatic rings. The molecular formula is C20H26ClN3O3. The van der Waals surface area contributed by atoms with E-state index >= 15 is 0 Å². The summed E-state index contributed by atoms with van der Waals surface area (Å²) in [7, 11) is 1.64. The summed E-state index contributed by atoms with van der Waals surface area (Å²) in [5.74, 6) is -0.464. The molecular weight excluding hydrogens is 366 g/mol. The van der Waals surface area contributed by atoms with Gasteiger partial charge in [-0.1, -0.05) is 29.8 Å². The summed E-state index contributed by atoms with van der Waals surface area (Å²) in [5.41, 5.74) is 2.49. The minimum atomic E-state index is -0.241. The monoisotopic (exact) mass is 391 g/mol. The zero-order valence-corrected chi connectivity index (χ0v) is 16.4. The van der Waals surface area contributed by atoms with E-state index in [1.807, 2.05) is 25.1 Å². The predicted octanol–water partition coefficient (Wildman–Crippen LogP) is 2.63. The molecule has 0 saturated heterocycles. The third kappa shape index (κ3) is 7.38. The second kappa shape index (κ2) is 12.1. The van der Waals surface area contributed by atoms with E-state index in [1.165, 1.54) is 0 Å². The lowest BCUT2D eigenvalue weighted by Gasteiger charge is -2.12. The second-order valence-corrected chi connectivity index (χ2v) is 5.87. The van der Waals surface area contributed by atoms with Crippen LogP contribution in [-0.2, 0) is 4.74 Å². The molecule has 0 saturated carbocycles. The fourth-order valence-corrected chi connectivity index (χ4v) is 2.43. The molecule has 0 atom stereocenters. The van der Waals surface area contributed by atoms with Crippen LogP contribution >= 0.6 is 12.4 Å². The number of anilines is 1. The van der Waals surface area contributed by atoms with Gasteiger partial charge in [-0.2, -0.15) is 0 Å². The van der Waals surface area contributed by atoms with Crippen molar-refractivity contribution >= 4 is 29.9 Å². The quantitative estimate of drug-likeness (QED) is 0.574. The fraction of sp³-hybridized carbons (Fsp3) is 0.300. The Morgan fingerprint density at radius 1 is 0.963 bits per heavy atom. The molecule has 27 heavy (non-hydrogen) atoms. The highest BCUT2D eigenvalue weighted by Crippen LogP contribution is 2.16. The van der Waals surface area contributed by atoms with E-state index in [2.05, 4.69) is 16.0 Å². The molecule has 0 spiro atoms. The number of hydrogen-bond donors (Lipinski definition) is 3. The van der Waals surface area contributed by atoms with Crippen LogP contribution < -0.4 is 16.0 Å². The first-order valence-electron chi connectivity index (χ1n) is 8.56. The van der Waals surface area contributed by atoms with Crippen molar-refractivity contribution in [2.24, 2.45) is 0 Å². The fourth-order valence-electron chi connectivity index (χ4n) is 2.43. The van der Waals surface area contributed by atoms with E-state index in [-0.39, 0.29) is 24.2 Å². The molecule has 2 amide bonds. The molecule has 0 aliphatic carbocycles. The van der Waals surface area contributed by atoms with Gasteiger partial charge >= 0.3 is 0 Å². The number of para-hydroxylation sites is 1. The number of hydrogen-bond acceptors (Lipinski definition) is 4. The van der Waals surface area contributed by atoms with Crippen molar-refractivity contribution in [2.45, 2.75) is 6.92 Å². The molecule has 0 heterocycles. The zero-order valence-electron chi connectivity index (χ0n) is 15.6. The summed E-state index contributed by atoms with van der Waals surface area (Å²) >= 11 is 0. The number of methoxy groups -OCH3 is 1. The van der Waals surface area contributed by atoms with E-state index in [0.717, 1.165) is 12.1 Å². The highest BCUT2D eigenvalue weighted by Gasteiger charge is 2.13. The molecule has 6 nitrogen and oxygen atoms in total. The summed E-state index contributed by atoms with van der Waals surface area (Å²) in [5, 5.41) is 8.82. The highest BCUT2D eigenvalue weighted by atomic mass is 35.5. The molecule has 146 valence electrons. The number of benzene rings is 2. The Labute approximate surface area is 166 Å². The summed E-state index contributed by atoms with van der Waals surface area (Å²) in [6.07, 6.45) is 0. The van der Waals surface area contributed by atoms with Gasteiger partial charge in [-0.3, -0.25) is 9.59 Å². The van der Waals surface area contributed by atoms with Crippen LogP contribution in [-0.4, -0.2) is 45.2 Å². The molecule has 0 aliphatic heterocycles. The van der Waals surface area contributed by atoms with E-state index in [9.17, 15) is 9.59 Å². The van der Waals surface area contributed by atoms with E-state index < -0.39 is 0 Å². The molecule has 0 unspecified atom stereocenters. The third-order valence-electron chi connectivity index (χ3n) is 3.77. The first-order chi connectivity index (χ1) is 12.6. The Balaban J connectivity index is 0.00000364. The average Bonchev–Trinajstić information content (AvgIpc) is 2.65. The lowest BCUT2D eigenvalue weighted by Crippen LogP contribution is -2.33. The number of amides is 2. The van der Waals surface area contributed by atoms with Crippen molar-refractivity contribution < 1.29 is 14.3 Å². The third-order valence-corrected chi connectivity index (χ3v) is 3.77. The molecule has 0 bridgehead atoms. The maximum Gasteiger partial charge on any atom is 0.255 e. The Morgan fingerprint density at radius 3 is 2.48 bits per heavy atom. The second-order valence-electron chi connectivity index (χ2n) is 5.87. The summed E-state index contributed by atoms with van der Waals surface area (Å²) in [6.45, 7) is 4.42. The van der Waals surface area contributed by atoms with E-state index in [1.54, 1.807) is 37.4 Å². The number of carbonyl (C=O) groups excluding carboxylic acids is 2. The topological polar surface area (TPSA) is 79.5 Å². The minimum Gasteiger partial charge on any atom is -0.383 e. The molecule has 0 radical (unpaired) electrons. The summed E-state index contributed by atoms with van der Waals surface area (Å²) in [6, 6.07) is 14.3. The van der Waals surface area contributed by atoms with Gasteiger partial charge < -0.3 is 20.7 Å². The van der Waals surface area contributed by atoms with Crippen LogP contribution in [0.5, 0.6) is 0 Å². The van der Waals surface area contributed by atoms with Gasteiger partial charge in [0.1, 0.15) is 0 Å². The van der Waals surface area contributed by atoms with Crippen molar-refractivity contribution in [3.8, 4) is 0 Å². The lowest BCUT2D eigenvalue weighted by atomic mass is 10.1. The molecule has 0 aliphatic rings. The Bertz CT molecular complexity index is 753. The number of carbonyl (C=O) groups is 2. The molecule has 2 rings (SSSR count). The zero-order chi connectivity index (χ0) is 18.8. The Morgan fingerprint density at radius 2 is 1.74 bits per heavy atom. The highest BCUT2D eigenvalue weighted by molar-refractivity contribution is 6.09. The van der Waals surface area contributed by atoms with E-state index in [0.29, 0.717) is 36.5 Å². The van der Waals surface area contributed by atoms with Crippen molar-refractivity contribution in [1.29, 1.82) is 0 Å². The van der Waals surface area contributed by atoms with Crippen LogP contribution in [0.1, 0.15) is 26.3 Å². The smallest absolute Gasteiger partial charge is 0.255 e. The Kier molecular flexibility index (Phi) is 10.1. The van der Waals surface area contributed by atoms with Gasteiger partial charge in [0.15, 0.2) is 0 Å². The van der Waals surface area contributed by atoms with Crippen LogP contribution in [0.2, 0.25) is 0 Å². The predicted molar refractivity (Wildman–Crippen MR) is 110 cm³/mol. The molecule has 2 aromatic carbocycles. The SMILES string of the molecule is COCCNCCNC(=O)c1ccccc1NC(=O)c1cccc(C)c1.Cl. The normalized spacial score (nSPS) is 10.0. The van der Waals surface area contributed by atoms with Gasteiger partial charge in [0.25, 0.3) is 11.8 Å². The van der Waals surface area contributed by atoms with Crippen LogP contribution in [0.25, 0.3) is 0 Å². The van der Waals surface area contributed by atoms with Crippen LogP contribution in [0.15, 0.2) is 48.5 Å². The summed E-state index contributed by atoms with van der Waals surface area (Å²) < 4.78 is 4.95. The van der Waals surface area contributed by atoms with Gasteiger partial charge in [-0.15, -0.1) is 12.4 Å². The maximum atomic E-state index is 12.4. The van der Waals surface area contributed by atoms with Gasteiger partial charge in [0.2, 0.25) is 0 Å². The van der Waals surface area contributed by atoms with Crippen molar-refractivity contribution in [3.05, 3.63) is 65.2 Å². The van der Waals surface area contributed by atoms with Gasteiger partial charge in [0, 0.05) is 32.3 Å². The van der Waals surface area contributed by atoms with Crippen LogP contribution in [0, 0.1) is 6.92 Å². The lowest BCUT2D eigenvalue weighted by molar-refractivity contribution is 0.0954. The number of aryl methyl sites for hydroxylation is 1. The molecule has 0 fully saturated rings. The number of rotatable bonds is 9. The summed E-state index contributed by atoms with van der Waals surface area (Å²) in [4.78, 5) is 24.8. The number of nitrogens with one attached hydrogen (secondary N) is 3. The number of halogens is 1. The first kappa shape index (κ1) is 22.6. The van der Waals surface area contributed by atoms with Crippen LogP contribution in [0.4, 0.5) is 5.69 Å². The average molecular weight is 392 g/mol. The number of ether oxygens (including phenoxy) is 1. The van der Waals surface area contributed by atoms with Crippen LogP contribution in [0.3, 0.4) is 0 Å². The first-order valence-corrected chi connectivity index (χ1v) is 8.56.